The van der Waals surface area contributed by atoms with Crippen LogP contribution < -0.4 is 19.1 Å². The van der Waals surface area contributed by atoms with Crippen molar-refractivity contribution < 1.29 is 27.8 Å². The van der Waals surface area contributed by atoms with Gasteiger partial charge >= 0.3 is 6.61 Å². The Morgan fingerprint density at radius 1 is 1.00 bits per heavy atom. The highest BCUT2D eigenvalue weighted by molar-refractivity contribution is 5.92. The summed E-state index contributed by atoms with van der Waals surface area (Å²) in [6.07, 6.45) is 3.11. The smallest absolute Gasteiger partial charge is 0.387 e. The summed E-state index contributed by atoms with van der Waals surface area (Å²) >= 11 is 0. The molecule has 2 aromatic carbocycles. The van der Waals surface area contributed by atoms with Gasteiger partial charge in [-0.25, -0.2) is 0 Å². The molecule has 0 aromatic heterocycles. The summed E-state index contributed by atoms with van der Waals surface area (Å²) in [4.78, 5) is 16.5. The van der Waals surface area contributed by atoms with Crippen LogP contribution in [0.1, 0.15) is 5.56 Å². The van der Waals surface area contributed by atoms with E-state index in [-0.39, 0.29) is 17.4 Å². The van der Waals surface area contributed by atoms with Crippen LogP contribution in [-0.4, -0.2) is 57.8 Å². The fourth-order valence-corrected chi connectivity index (χ4v) is 3.25. The monoisotopic (exact) mass is 418 g/mol. The molecule has 1 amide bonds. The van der Waals surface area contributed by atoms with Crippen molar-refractivity contribution in [1.29, 1.82) is 0 Å². The standard InChI is InChI=1S/C22H24F2N2O4/c1-28-18-5-3-4-17(15-18)25-10-12-26(13-11-25)21(27)9-7-16-6-8-19(30-22(23)24)20(14-16)29-2/h3-9,14-15,22H,10-13H2,1-2H3/b9-7+. The van der Waals surface area contributed by atoms with Crippen LogP contribution in [0.4, 0.5) is 14.5 Å². The molecule has 2 aromatic rings. The molecular weight excluding hydrogens is 394 g/mol. The summed E-state index contributed by atoms with van der Waals surface area (Å²) in [5.74, 6) is 0.822. The fraction of sp³-hybridized carbons (Fsp3) is 0.318. The Balaban J connectivity index is 1.58. The van der Waals surface area contributed by atoms with Crippen molar-refractivity contribution in [2.24, 2.45) is 0 Å². The SMILES string of the molecule is COc1cccc(N2CCN(C(=O)/C=C/c3ccc(OC(F)F)c(OC)c3)CC2)c1. The molecule has 6 nitrogen and oxygen atoms in total. The molecule has 0 unspecified atom stereocenters. The van der Waals surface area contributed by atoms with Crippen LogP contribution in [0.2, 0.25) is 0 Å². The predicted molar refractivity (Wildman–Crippen MR) is 110 cm³/mol. The van der Waals surface area contributed by atoms with Crippen LogP contribution in [0.5, 0.6) is 17.2 Å². The number of methoxy groups -OCH3 is 2. The van der Waals surface area contributed by atoms with Crippen LogP contribution >= 0.6 is 0 Å². The Morgan fingerprint density at radius 2 is 1.77 bits per heavy atom. The Kier molecular flexibility index (Phi) is 7.11. The second kappa shape index (κ2) is 9.96. The number of anilines is 1. The van der Waals surface area contributed by atoms with E-state index in [9.17, 15) is 13.6 Å². The molecule has 0 radical (unpaired) electrons. The number of nitrogens with zero attached hydrogens (tertiary/aromatic N) is 2. The van der Waals surface area contributed by atoms with Crippen LogP contribution in [0.25, 0.3) is 6.08 Å². The molecule has 0 aliphatic carbocycles. The third-order valence-corrected chi connectivity index (χ3v) is 4.83. The molecule has 1 heterocycles. The van der Waals surface area contributed by atoms with Crippen molar-refractivity contribution in [3.8, 4) is 17.2 Å². The Labute approximate surface area is 174 Å². The van der Waals surface area contributed by atoms with Gasteiger partial charge in [0.05, 0.1) is 14.2 Å². The summed E-state index contributed by atoms with van der Waals surface area (Å²) < 4.78 is 39.6. The third-order valence-electron chi connectivity index (χ3n) is 4.83. The highest BCUT2D eigenvalue weighted by Gasteiger charge is 2.20. The van der Waals surface area contributed by atoms with E-state index in [2.05, 4.69) is 9.64 Å². The average molecular weight is 418 g/mol. The fourth-order valence-electron chi connectivity index (χ4n) is 3.25. The van der Waals surface area contributed by atoms with Gasteiger partial charge < -0.3 is 24.0 Å². The summed E-state index contributed by atoms with van der Waals surface area (Å²) in [5, 5.41) is 0. The number of rotatable bonds is 7. The number of carbonyl (C=O) groups excluding carboxylic acids is 1. The van der Waals surface area contributed by atoms with E-state index in [0.29, 0.717) is 18.7 Å². The first-order valence-corrected chi connectivity index (χ1v) is 9.49. The highest BCUT2D eigenvalue weighted by atomic mass is 19.3. The first-order valence-electron chi connectivity index (χ1n) is 9.49. The molecular formula is C22H24F2N2O4. The molecule has 8 heteroatoms. The van der Waals surface area contributed by atoms with Crippen molar-refractivity contribution in [3.05, 3.63) is 54.1 Å². The van der Waals surface area contributed by atoms with E-state index >= 15 is 0 Å². The molecule has 30 heavy (non-hydrogen) atoms. The number of halogens is 2. The van der Waals surface area contributed by atoms with Crippen LogP contribution in [0.15, 0.2) is 48.5 Å². The molecule has 0 spiro atoms. The summed E-state index contributed by atoms with van der Waals surface area (Å²) in [5.41, 5.74) is 1.71. The van der Waals surface area contributed by atoms with Crippen molar-refractivity contribution >= 4 is 17.7 Å². The van der Waals surface area contributed by atoms with Gasteiger partial charge in [-0.3, -0.25) is 4.79 Å². The zero-order valence-corrected chi connectivity index (χ0v) is 16.9. The van der Waals surface area contributed by atoms with Crippen molar-refractivity contribution in [1.82, 2.24) is 4.90 Å². The van der Waals surface area contributed by atoms with E-state index in [1.54, 1.807) is 30.2 Å². The number of hydrogen-bond acceptors (Lipinski definition) is 5. The maximum atomic E-state index is 12.5. The lowest BCUT2D eigenvalue weighted by atomic mass is 10.1. The van der Waals surface area contributed by atoms with Gasteiger partial charge in [0, 0.05) is 44.0 Å². The number of carbonyl (C=O) groups is 1. The largest absolute Gasteiger partial charge is 0.497 e. The molecule has 160 valence electrons. The number of alkyl halides is 2. The minimum Gasteiger partial charge on any atom is -0.497 e. The van der Waals surface area contributed by atoms with Crippen LogP contribution in [-0.2, 0) is 4.79 Å². The lowest BCUT2D eigenvalue weighted by Gasteiger charge is -2.35. The number of benzene rings is 2. The van der Waals surface area contributed by atoms with Gasteiger partial charge in [-0.2, -0.15) is 8.78 Å². The summed E-state index contributed by atoms with van der Waals surface area (Å²) in [6.45, 7) is -0.284. The minimum absolute atomic E-state index is 0.0513. The predicted octanol–water partition coefficient (Wildman–Crippen LogP) is 3.67. The maximum absolute atomic E-state index is 12.5. The normalized spacial score (nSPS) is 14.3. The Morgan fingerprint density at radius 3 is 2.43 bits per heavy atom. The zero-order chi connectivity index (χ0) is 21.5. The molecule has 0 N–H and O–H groups in total. The van der Waals surface area contributed by atoms with E-state index < -0.39 is 6.61 Å². The van der Waals surface area contributed by atoms with Crippen LogP contribution in [0.3, 0.4) is 0 Å². The summed E-state index contributed by atoms with van der Waals surface area (Å²) in [6, 6.07) is 12.4. The molecule has 0 bridgehead atoms. The number of piperazine rings is 1. The van der Waals surface area contributed by atoms with Gasteiger partial charge in [-0.05, 0) is 35.9 Å². The van der Waals surface area contributed by atoms with Gasteiger partial charge in [-0.1, -0.05) is 12.1 Å². The molecule has 1 saturated heterocycles. The van der Waals surface area contributed by atoms with Gasteiger partial charge in [0.25, 0.3) is 0 Å². The third kappa shape index (κ3) is 5.40. The minimum atomic E-state index is -2.93. The van der Waals surface area contributed by atoms with E-state index in [4.69, 9.17) is 9.47 Å². The molecule has 0 atom stereocenters. The molecule has 3 rings (SSSR count). The summed E-state index contributed by atoms with van der Waals surface area (Å²) in [7, 11) is 3.01. The Hall–Kier alpha value is -3.29. The maximum Gasteiger partial charge on any atom is 0.387 e. The topological polar surface area (TPSA) is 51.2 Å². The van der Waals surface area contributed by atoms with Crippen LogP contribution in [0, 0.1) is 0 Å². The first-order chi connectivity index (χ1) is 14.5. The average Bonchev–Trinajstić information content (AvgIpc) is 2.78. The van der Waals surface area contributed by atoms with Gasteiger partial charge in [0.1, 0.15) is 5.75 Å². The molecule has 1 aliphatic heterocycles. The second-order valence-electron chi connectivity index (χ2n) is 6.64. The molecule has 0 saturated carbocycles. The number of ether oxygens (including phenoxy) is 3. The molecule has 1 fully saturated rings. The van der Waals surface area contributed by atoms with Crippen molar-refractivity contribution in [3.63, 3.8) is 0 Å². The first kappa shape index (κ1) is 21.4. The quantitative estimate of drug-likeness (QED) is 0.643. The number of hydrogen-bond donors (Lipinski definition) is 0. The lowest BCUT2D eigenvalue weighted by molar-refractivity contribution is -0.126. The molecule has 1 aliphatic rings. The van der Waals surface area contributed by atoms with Crippen molar-refractivity contribution in [2.45, 2.75) is 6.61 Å². The number of amides is 1. The zero-order valence-electron chi connectivity index (χ0n) is 16.9. The van der Waals surface area contributed by atoms with Gasteiger partial charge in [0.2, 0.25) is 5.91 Å². The van der Waals surface area contributed by atoms with E-state index in [1.165, 1.54) is 19.3 Å². The van der Waals surface area contributed by atoms with E-state index in [1.807, 2.05) is 24.3 Å². The second-order valence-corrected chi connectivity index (χ2v) is 6.64. The highest BCUT2D eigenvalue weighted by Crippen LogP contribution is 2.30. The lowest BCUT2D eigenvalue weighted by Crippen LogP contribution is -2.48. The Bertz CT molecular complexity index is 896. The van der Waals surface area contributed by atoms with Crippen molar-refractivity contribution in [2.75, 3.05) is 45.3 Å². The van der Waals surface area contributed by atoms with Gasteiger partial charge in [0.15, 0.2) is 11.5 Å². The van der Waals surface area contributed by atoms with Gasteiger partial charge in [-0.15, -0.1) is 0 Å². The van der Waals surface area contributed by atoms with E-state index in [0.717, 1.165) is 24.5 Å².